The Kier molecular flexibility index (Phi) is 22.6. The normalized spacial score (nSPS) is 20.8. The number of amides is 8. The third kappa shape index (κ3) is 18.3. The summed E-state index contributed by atoms with van der Waals surface area (Å²) in [6.45, 7) is 4.56. The Morgan fingerprint density at radius 2 is 1.54 bits per heavy atom. The van der Waals surface area contributed by atoms with Crippen LogP contribution < -0.4 is 72.1 Å². The first kappa shape index (κ1) is 58.9. The summed E-state index contributed by atoms with van der Waals surface area (Å²) in [5.41, 5.74) is 0.388. The number of thiazole rings is 1. The molecule has 0 radical (unpaired) electrons. The fourth-order valence-electron chi connectivity index (χ4n) is 6.68. The topological polar surface area (TPSA) is 381 Å². The van der Waals surface area contributed by atoms with E-state index in [1.54, 1.807) is 32.9 Å². The van der Waals surface area contributed by atoms with Crippen molar-refractivity contribution in [3.8, 4) is 17.2 Å². The molecule has 0 spiro atoms. The summed E-state index contributed by atoms with van der Waals surface area (Å²) in [5, 5.41) is 50.0. The van der Waals surface area contributed by atoms with Crippen LogP contribution in [-0.4, -0.2) is 135 Å². The number of rotatable bonds is 14. The van der Waals surface area contributed by atoms with Gasteiger partial charge in [0.25, 0.3) is 11.8 Å². The molecule has 0 aliphatic carbocycles. The van der Waals surface area contributed by atoms with Gasteiger partial charge in [0.15, 0.2) is 0 Å². The molecule has 2 bridgehead atoms. The number of phenols is 3. The van der Waals surface area contributed by atoms with Crippen molar-refractivity contribution < 1.29 is 101 Å². The van der Waals surface area contributed by atoms with Crippen LogP contribution in [0, 0.1) is 5.92 Å². The zero-order chi connectivity index (χ0) is 51.9. The van der Waals surface area contributed by atoms with Crippen molar-refractivity contribution in [3.63, 3.8) is 0 Å². The van der Waals surface area contributed by atoms with E-state index < -0.39 is 130 Å². The number of nitrogens with one attached hydrogen (secondary N) is 8. The molecule has 27 heteroatoms. The van der Waals surface area contributed by atoms with E-state index in [0.717, 1.165) is 35.6 Å². The van der Waals surface area contributed by atoms with E-state index >= 15 is 0 Å². The van der Waals surface area contributed by atoms with Crippen molar-refractivity contribution in [3.05, 3.63) is 75.7 Å². The maximum Gasteiger partial charge on any atom is 1.00 e. The molecule has 4 rings (SSSR count). The van der Waals surface area contributed by atoms with Gasteiger partial charge >= 0.3 is 29.6 Å². The smallest absolute Gasteiger partial charge is 0.748 e. The first-order valence-corrected chi connectivity index (χ1v) is 24.2. The van der Waals surface area contributed by atoms with Crippen LogP contribution in [-0.2, 0) is 54.9 Å². The molecular weight excluding hydrogens is 982 g/mol. The van der Waals surface area contributed by atoms with E-state index in [4.69, 9.17) is 0 Å². The van der Waals surface area contributed by atoms with Crippen molar-refractivity contribution >= 4 is 80.6 Å². The maximum atomic E-state index is 14.0. The third-order valence-electron chi connectivity index (χ3n) is 10.7. The molecule has 1 aliphatic rings. The molecular formula is C44H54N9NaO15S2. The van der Waals surface area contributed by atoms with Crippen molar-refractivity contribution in [1.29, 1.82) is 0 Å². The Hall–Kier alpha value is -6.45. The minimum Gasteiger partial charge on any atom is -0.748 e. The molecule has 1 aliphatic heterocycles. The van der Waals surface area contributed by atoms with E-state index in [0.29, 0.717) is 12.0 Å². The summed E-state index contributed by atoms with van der Waals surface area (Å²) < 4.78 is 35.7. The number of fused-ring (bicyclic) bond motifs is 2. The first-order valence-electron chi connectivity index (χ1n) is 21.8. The second-order valence-corrected chi connectivity index (χ2v) is 18.5. The summed E-state index contributed by atoms with van der Waals surface area (Å²) in [6, 6.07) is -0.126. The second kappa shape index (κ2) is 27.2. The number of nitrogens with zero attached hydrogens (tertiary/aromatic N) is 1. The molecule has 1 unspecified atom stereocenters. The molecule has 7 atom stereocenters. The Balaban J connectivity index is 0.0000133. The first-order chi connectivity index (χ1) is 33.0. The number of phenolic OH excluding ortho intramolecular Hbond substituents is 3. The Morgan fingerprint density at radius 1 is 0.859 bits per heavy atom. The fourth-order valence-corrected chi connectivity index (χ4v) is 8.16. The van der Waals surface area contributed by atoms with Crippen LogP contribution in [0.3, 0.4) is 0 Å². The van der Waals surface area contributed by atoms with E-state index in [1.807, 2.05) is 0 Å². The number of ketones is 1. The predicted octanol–water partition coefficient (Wildman–Crippen LogP) is -4.36. The summed E-state index contributed by atoms with van der Waals surface area (Å²) in [4.78, 5) is 126. The van der Waals surface area contributed by atoms with Crippen molar-refractivity contribution in [2.75, 3.05) is 18.8 Å². The van der Waals surface area contributed by atoms with Gasteiger partial charge in [0.1, 0.15) is 46.4 Å². The average molecular weight is 1040 g/mol. The molecule has 2 heterocycles. The van der Waals surface area contributed by atoms with Gasteiger partial charge in [0.2, 0.25) is 41.2 Å². The largest absolute Gasteiger partial charge is 1.00 e. The number of hydrogen-bond donors (Lipinski definition) is 11. The van der Waals surface area contributed by atoms with Gasteiger partial charge in [-0.1, -0.05) is 45.7 Å². The molecule has 0 saturated heterocycles. The minimum atomic E-state index is -5.21. The summed E-state index contributed by atoms with van der Waals surface area (Å²) in [5.74, 6) is -12.5. The van der Waals surface area contributed by atoms with Crippen LogP contribution in [0.2, 0.25) is 0 Å². The van der Waals surface area contributed by atoms with Gasteiger partial charge in [-0.15, -0.1) is 11.3 Å². The number of Topliss-reactive ketones (excluding diaryl/α,β-unsaturated/α-hetero) is 1. The predicted molar refractivity (Wildman–Crippen MR) is 248 cm³/mol. The van der Waals surface area contributed by atoms with Gasteiger partial charge in [0, 0.05) is 18.0 Å². The molecule has 3 aromatic rings. The number of hydrogen-bond acceptors (Lipinski definition) is 17. The number of carbonyl (C=O) groups is 9. The minimum absolute atomic E-state index is 0. The summed E-state index contributed by atoms with van der Waals surface area (Å²) in [7, 11) is -5.21. The van der Waals surface area contributed by atoms with Crippen LogP contribution in [0.5, 0.6) is 17.2 Å². The van der Waals surface area contributed by atoms with Gasteiger partial charge in [-0.3, -0.25) is 43.2 Å². The van der Waals surface area contributed by atoms with Gasteiger partial charge in [-0.05, 0) is 67.7 Å². The van der Waals surface area contributed by atoms with Gasteiger partial charge < -0.3 is 62.4 Å². The van der Waals surface area contributed by atoms with Crippen molar-refractivity contribution in [1.82, 2.24) is 47.5 Å². The van der Waals surface area contributed by atoms with Gasteiger partial charge in [-0.25, -0.2) is 13.4 Å². The standard InChI is InChI=1S/C44H55N9O15S2.Na/c1-5-7-29-41(63)53-36(22(3)6-2)37(59)43(65)51-30(16-24-8-11-26(54)12-9-24)44-48-25(20-69-44)10-15-34(57)49-32(21-70(66,67)68)40(62)45-18-31(42(64)50-29)52-38(60)23(4)47-35(58)19-46-39(61)28-17-27(55)13-14-33(28)56;/h8-15,17,20,22-23,29-32,36,54-56H,5-7,16,18-19,21H2,1-4H3,(H,45,62)(H,46,61)(H,47,58)(H,49,57)(H,50,64)(H,51,65)(H,52,60)(H,53,63)(H,66,67,68);/q;+1/p-1/b15-10+;/t22?,23-,29-,30+,31-,32-,36-;/m0./s1. The molecule has 378 valence electrons. The summed E-state index contributed by atoms with van der Waals surface area (Å²) >= 11 is 1.04. The average Bonchev–Trinajstić information content (AvgIpc) is 3.79. The van der Waals surface area contributed by atoms with Crippen LogP contribution in [0.4, 0.5) is 0 Å². The Morgan fingerprint density at radius 3 is 2.18 bits per heavy atom. The SMILES string of the molecule is CCC[C@@H]1NC(=O)[C@@H](NC(=O)[C@H](C)NC(=O)CNC(=O)c2cc(O)ccc2O)CNC(=O)[C@H](CS(=O)(=O)[O-])NC(=O)/C=C/c2csc(n2)[C@@H](Cc2ccc(O)cc2)NC(=O)C(=O)[C@H](C(C)CC)NC1=O.[Na+]. The van der Waals surface area contributed by atoms with Crippen LogP contribution >= 0.6 is 11.3 Å². The number of aromatic nitrogens is 1. The van der Waals surface area contributed by atoms with Crippen LogP contribution in [0.25, 0.3) is 6.08 Å². The molecule has 71 heavy (non-hydrogen) atoms. The molecule has 11 N–H and O–H groups in total. The number of benzene rings is 2. The number of carbonyl (C=O) groups excluding carboxylic acids is 9. The van der Waals surface area contributed by atoms with Gasteiger partial charge in [0.05, 0.1) is 45.8 Å². The van der Waals surface area contributed by atoms with Crippen molar-refractivity contribution in [2.45, 2.75) is 89.6 Å². The van der Waals surface area contributed by atoms with Gasteiger partial charge in [-0.2, -0.15) is 0 Å². The quantitative estimate of drug-likeness (QED) is 0.0315. The Labute approximate surface area is 434 Å². The van der Waals surface area contributed by atoms with E-state index in [1.165, 1.54) is 30.5 Å². The molecule has 0 saturated carbocycles. The second-order valence-electron chi connectivity index (χ2n) is 16.2. The molecule has 0 fully saturated rings. The fraction of sp³-hybridized carbons (Fsp3) is 0.409. The van der Waals surface area contributed by atoms with Crippen LogP contribution in [0.1, 0.15) is 79.6 Å². The molecule has 8 amide bonds. The van der Waals surface area contributed by atoms with E-state index in [-0.39, 0.29) is 76.6 Å². The van der Waals surface area contributed by atoms with Crippen molar-refractivity contribution in [2.24, 2.45) is 5.92 Å². The van der Waals surface area contributed by atoms with Crippen LogP contribution in [0.15, 0.2) is 53.9 Å². The van der Waals surface area contributed by atoms with E-state index in [9.17, 15) is 71.4 Å². The zero-order valence-corrected chi connectivity index (χ0v) is 42.9. The summed E-state index contributed by atoms with van der Waals surface area (Å²) in [6.07, 6.45) is 2.59. The monoisotopic (exact) mass is 1040 g/mol. The third-order valence-corrected chi connectivity index (χ3v) is 12.4. The molecule has 2 aromatic carbocycles. The zero-order valence-electron chi connectivity index (χ0n) is 39.3. The molecule has 1 aromatic heterocycles. The maximum absolute atomic E-state index is 14.0. The Bertz CT molecular complexity index is 2600. The number of aromatic hydroxyl groups is 3. The molecule has 24 nitrogen and oxygen atoms in total. The van der Waals surface area contributed by atoms with E-state index in [2.05, 4.69) is 47.5 Å².